The number of carbonyl (C=O) groups is 1. The SMILES string of the molecule is CO[C@@H]1CC[C@H]2N(C(=O)c3ccn[nH]3)CC[C@@]2(C)C1. The van der Waals surface area contributed by atoms with Crippen molar-refractivity contribution in [1.29, 1.82) is 0 Å². The van der Waals surface area contributed by atoms with E-state index in [-0.39, 0.29) is 11.3 Å². The van der Waals surface area contributed by atoms with Crippen LogP contribution >= 0.6 is 0 Å². The standard InChI is InChI=1S/C14H21N3O2/c1-14-6-8-17(13(18)11-5-7-15-16-11)12(14)4-3-10(9-14)19-2/h5,7,10,12H,3-4,6,8-9H2,1-2H3,(H,15,16)/t10-,12-,14+/m1/s1. The fourth-order valence-electron chi connectivity index (χ4n) is 3.76. The number of aromatic nitrogens is 2. The highest BCUT2D eigenvalue weighted by atomic mass is 16.5. The summed E-state index contributed by atoms with van der Waals surface area (Å²) in [5.41, 5.74) is 0.798. The number of carbonyl (C=O) groups excluding carboxylic acids is 1. The number of H-pyrrole nitrogens is 1. The first kappa shape index (κ1) is 12.7. The highest BCUT2D eigenvalue weighted by Gasteiger charge is 2.49. The lowest BCUT2D eigenvalue weighted by atomic mass is 9.71. The fourth-order valence-corrected chi connectivity index (χ4v) is 3.76. The van der Waals surface area contributed by atoms with Gasteiger partial charge >= 0.3 is 0 Å². The molecule has 1 N–H and O–H groups in total. The summed E-state index contributed by atoms with van der Waals surface area (Å²) in [6.07, 6.45) is 6.18. The van der Waals surface area contributed by atoms with E-state index in [1.807, 2.05) is 4.90 Å². The highest BCUT2D eigenvalue weighted by Crippen LogP contribution is 2.47. The molecule has 0 spiro atoms. The van der Waals surface area contributed by atoms with Crippen molar-refractivity contribution in [2.75, 3.05) is 13.7 Å². The molecule has 2 aliphatic rings. The van der Waals surface area contributed by atoms with Crippen LogP contribution in [0.15, 0.2) is 12.3 Å². The predicted octanol–water partition coefficient (Wildman–Crippen LogP) is 1.83. The molecule has 1 aromatic rings. The Kier molecular flexibility index (Phi) is 3.09. The van der Waals surface area contributed by atoms with Crippen LogP contribution in [0.4, 0.5) is 0 Å². The van der Waals surface area contributed by atoms with Crippen LogP contribution in [0, 0.1) is 5.41 Å². The molecule has 5 heteroatoms. The van der Waals surface area contributed by atoms with Gasteiger partial charge in [-0.05, 0) is 37.2 Å². The van der Waals surface area contributed by atoms with Crippen molar-refractivity contribution < 1.29 is 9.53 Å². The maximum Gasteiger partial charge on any atom is 0.272 e. The third-order valence-corrected chi connectivity index (χ3v) is 4.89. The van der Waals surface area contributed by atoms with Crippen LogP contribution in [0.1, 0.15) is 43.1 Å². The Morgan fingerprint density at radius 3 is 3.11 bits per heavy atom. The molecular weight excluding hydrogens is 242 g/mol. The van der Waals surface area contributed by atoms with E-state index in [9.17, 15) is 4.79 Å². The highest BCUT2D eigenvalue weighted by molar-refractivity contribution is 5.92. The van der Waals surface area contributed by atoms with Crippen molar-refractivity contribution in [2.45, 2.75) is 44.8 Å². The second kappa shape index (κ2) is 4.63. The summed E-state index contributed by atoms with van der Waals surface area (Å²) in [6.45, 7) is 3.14. The zero-order valence-electron chi connectivity index (χ0n) is 11.6. The Balaban J connectivity index is 1.78. The van der Waals surface area contributed by atoms with Gasteiger partial charge in [0.05, 0.1) is 6.10 Å². The fraction of sp³-hybridized carbons (Fsp3) is 0.714. The number of hydrogen-bond donors (Lipinski definition) is 1. The normalized spacial score (nSPS) is 34.3. The average molecular weight is 263 g/mol. The van der Waals surface area contributed by atoms with Gasteiger partial charge in [0.25, 0.3) is 5.91 Å². The summed E-state index contributed by atoms with van der Waals surface area (Å²) >= 11 is 0. The molecule has 3 atom stereocenters. The smallest absolute Gasteiger partial charge is 0.272 e. The Morgan fingerprint density at radius 1 is 1.58 bits per heavy atom. The van der Waals surface area contributed by atoms with E-state index in [4.69, 9.17) is 4.74 Å². The van der Waals surface area contributed by atoms with Crippen molar-refractivity contribution in [1.82, 2.24) is 15.1 Å². The summed E-state index contributed by atoms with van der Waals surface area (Å²) in [5, 5.41) is 6.64. The van der Waals surface area contributed by atoms with Gasteiger partial charge in [-0.3, -0.25) is 9.89 Å². The molecule has 0 bridgehead atoms. The average Bonchev–Trinajstić information content (AvgIpc) is 3.04. The van der Waals surface area contributed by atoms with E-state index in [0.717, 1.165) is 32.2 Å². The van der Waals surface area contributed by atoms with Gasteiger partial charge in [-0.15, -0.1) is 0 Å². The molecule has 0 aromatic carbocycles. The molecule has 1 saturated carbocycles. The first-order valence-electron chi connectivity index (χ1n) is 6.97. The Labute approximate surface area is 113 Å². The predicted molar refractivity (Wildman–Crippen MR) is 70.8 cm³/mol. The minimum absolute atomic E-state index is 0.0853. The molecule has 0 radical (unpaired) electrons. The summed E-state index contributed by atoms with van der Waals surface area (Å²) in [6, 6.07) is 2.09. The molecule has 1 aliphatic carbocycles. The number of fused-ring (bicyclic) bond motifs is 1. The number of nitrogens with one attached hydrogen (secondary N) is 1. The zero-order chi connectivity index (χ0) is 13.5. The van der Waals surface area contributed by atoms with Crippen molar-refractivity contribution >= 4 is 5.91 Å². The van der Waals surface area contributed by atoms with Crippen LogP contribution < -0.4 is 0 Å². The quantitative estimate of drug-likeness (QED) is 0.885. The monoisotopic (exact) mass is 263 g/mol. The molecule has 5 nitrogen and oxygen atoms in total. The van der Waals surface area contributed by atoms with Gasteiger partial charge < -0.3 is 9.64 Å². The third kappa shape index (κ3) is 2.06. The minimum Gasteiger partial charge on any atom is -0.381 e. The van der Waals surface area contributed by atoms with Gasteiger partial charge in [0.1, 0.15) is 5.69 Å². The number of amides is 1. The van der Waals surface area contributed by atoms with Gasteiger partial charge in [-0.25, -0.2) is 0 Å². The number of rotatable bonds is 2. The molecule has 1 amide bonds. The van der Waals surface area contributed by atoms with Crippen LogP contribution in [-0.4, -0.2) is 46.8 Å². The summed E-state index contributed by atoms with van der Waals surface area (Å²) in [7, 11) is 1.79. The topological polar surface area (TPSA) is 58.2 Å². The van der Waals surface area contributed by atoms with Crippen LogP contribution in [0.3, 0.4) is 0 Å². The number of ether oxygens (including phenoxy) is 1. The first-order valence-corrected chi connectivity index (χ1v) is 6.97. The van der Waals surface area contributed by atoms with Crippen molar-refractivity contribution in [3.8, 4) is 0 Å². The number of likely N-dealkylation sites (tertiary alicyclic amines) is 1. The molecule has 1 aromatic heterocycles. The van der Waals surface area contributed by atoms with Crippen LogP contribution in [0.25, 0.3) is 0 Å². The van der Waals surface area contributed by atoms with E-state index < -0.39 is 0 Å². The second-order valence-corrected chi connectivity index (χ2v) is 6.03. The van der Waals surface area contributed by atoms with Gasteiger partial charge in [0.15, 0.2) is 0 Å². The molecule has 19 heavy (non-hydrogen) atoms. The van der Waals surface area contributed by atoms with Crippen LogP contribution in [0.5, 0.6) is 0 Å². The molecular formula is C14H21N3O2. The Bertz CT molecular complexity index is 459. The molecule has 3 rings (SSSR count). The number of methoxy groups -OCH3 is 1. The van der Waals surface area contributed by atoms with Gasteiger partial charge in [-0.2, -0.15) is 5.10 Å². The van der Waals surface area contributed by atoms with E-state index in [1.165, 1.54) is 0 Å². The number of nitrogens with zero attached hydrogens (tertiary/aromatic N) is 2. The lowest BCUT2D eigenvalue weighted by Crippen LogP contribution is -2.46. The van der Waals surface area contributed by atoms with Crippen LogP contribution in [-0.2, 0) is 4.74 Å². The lowest BCUT2D eigenvalue weighted by Gasteiger charge is -2.42. The lowest BCUT2D eigenvalue weighted by molar-refractivity contribution is -0.00287. The molecule has 0 unspecified atom stereocenters. The van der Waals surface area contributed by atoms with E-state index in [2.05, 4.69) is 17.1 Å². The maximum atomic E-state index is 12.5. The summed E-state index contributed by atoms with van der Waals surface area (Å²) in [5.74, 6) is 0.0853. The number of aromatic amines is 1. The molecule has 2 heterocycles. The third-order valence-electron chi connectivity index (χ3n) is 4.89. The van der Waals surface area contributed by atoms with Crippen molar-refractivity contribution in [3.63, 3.8) is 0 Å². The van der Waals surface area contributed by atoms with Gasteiger partial charge in [0.2, 0.25) is 0 Å². The van der Waals surface area contributed by atoms with E-state index >= 15 is 0 Å². The molecule has 104 valence electrons. The molecule has 2 fully saturated rings. The molecule has 1 aliphatic heterocycles. The van der Waals surface area contributed by atoms with Gasteiger partial charge in [-0.1, -0.05) is 6.92 Å². The first-order chi connectivity index (χ1) is 9.14. The summed E-state index contributed by atoms with van der Waals surface area (Å²) < 4.78 is 5.51. The van der Waals surface area contributed by atoms with E-state index in [0.29, 0.717) is 17.8 Å². The largest absolute Gasteiger partial charge is 0.381 e. The Morgan fingerprint density at radius 2 is 2.42 bits per heavy atom. The molecule has 1 saturated heterocycles. The maximum absolute atomic E-state index is 12.5. The van der Waals surface area contributed by atoms with Crippen molar-refractivity contribution in [3.05, 3.63) is 18.0 Å². The van der Waals surface area contributed by atoms with E-state index in [1.54, 1.807) is 19.4 Å². The summed E-state index contributed by atoms with van der Waals surface area (Å²) in [4.78, 5) is 14.5. The van der Waals surface area contributed by atoms with Gasteiger partial charge in [0, 0.05) is 25.9 Å². The number of hydrogen-bond acceptors (Lipinski definition) is 3. The van der Waals surface area contributed by atoms with Crippen LogP contribution in [0.2, 0.25) is 0 Å². The van der Waals surface area contributed by atoms with Crippen molar-refractivity contribution in [2.24, 2.45) is 5.41 Å². The minimum atomic E-state index is 0.0853. The second-order valence-electron chi connectivity index (χ2n) is 6.03. The Hall–Kier alpha value is -1.36. The zero-order valence-corrected chi connectivity index (χ0v) is 11.6.